The Kier molecular flexibility index (Phi) is 6.67. The van der Waals surface area contributed by atoms with Gasteiger partial charge in [0.25, 0.3) is 0 Å². The van der Waals surface area contributed by atoms with Gasteiger partial charge in [0, 0.05) is 11.6 Å². The van der Waals surface area contributed by atoms with Gasteiger partial charge in [0.15, 0.2) is 0 Å². The quantitative estimate of drug-likeness (QED) is 0.784. The van der Waals surface area contributed by atoms with Gasteiger partial charge in [0.2, 0.25) is 15.9 Å². The highest BCUT2D eigenvalue weighted by Gasteiger charge is 2.19. The summed E-state index contributed by atoms with van der Waals surface area (Å²) in [7, 11) is -3.50. The Balaban J connectivity index is 2.02. The summed E-state index contributed by atoms with van der Waals surface area (Å²) in [6, 6.07) is 12.8. The van der Waals surface area contributed by atoms with Crippen LogP contribution in [0.15, 0.2) is 42.5 Å². The summed E-state index contributed by atoms with van der Waals surface area (Å²) in [5.41, 5.74) is 3.34. The summed E-state index contributed by atoms with van der Waals surface area (Å²) >= 11 is 6.01. The first-order chi connectivity index (χ1) is 12.2. The molecule has 7 heteroatoms. The molecule has 5 nitrogen and oxygen atoms in total. The first-order valence-corrected chi connectivity index (χ1v) is 10.5. The van der Waals surface area contributed by atoms with Crippen molar-refractivity contribution in [2.75, 3.05) is 23.7 Å². The number of halogens is 1. The summed E-state index contributed by atoms with van der Waals surface area (Å²) in [6.07, 6.45) is 1.40. The zero-order chi connectivity index (χ0) is 19.3. The lowest BCUT2D eigenvalue weighted by atomic mass is 10.1. The van der Waals surface area contributed by atoms with Gasteiger partial charge in [-0.15, -0.1) is 0 Å². The van der Waals surface area contributed by atoms with E-state index in [9.17, 15) is 13.2 Å². The van der Waals surface area contributed by atoms with Gasteiger partial charge in [-0.3, -0.25) is 9.10 Å². The molecular weight excluding hydrogens is 372 g/mol. The van der Waals surface area contributed by atoms with Crippen molar-refractivity contribution in [2.45, 2.75) is 20.3 Å². The Morgan fingerprint density at radius 3 is 2.54 bits per heavy atom. The van der Waals surface area contributed by atoms with E-state index in [0.717, 1.165) is 22.9 Å². The molecule has 26 heavy (non-hydrogen) atoms. The van der Waals surface area contributed by atoms with Crippen molar-refractivity contribution in [1.29, 1.82) is 0 Å². The van der Waals surface area contributed by atoms with E-state index < -0.39 is 10.0 Å². The molecule has 2 aromatic carbocycles. The number of sulfonamides is 1. The van der Waals surface area contributed by atoms with E-state index in [-0.39, 0.29) is 25.4 Å². The number of nitrogens with one attached hydrogen (secondary N) is 1. The van der Waals surface area contributed by atoms with E-state index in [0.29, 0.717) is 10.7 Å². The van der Waals surface area contributed by atoms with Gasteiger partial charge in [-0.25, -0.2) is 8.42 Å². The fraction of sp³-hybridized carbons (Fsp3) is 0.316. The lowest BCUT2D eigenvalue weighted by Crippen LogP contribution is -2.39. The summed E-state index contributed by atoms with van der Waals surface area (Å²) in [5, 5.41) is 3.24. The number of carbonyl (C=O) groups is 1. The molecule has 0 aliphatic rings. The van der Waals surface area contributed by atoms with Gasteiger partial charge < -0.3 is 5.32 Å². The summed E-state index contributed by atoms with van der Waals surface area (Å²) in [5.74, 6) is -0.146. The molecule has 0 saturated heterocycles. The van der Waals surface area contributed by atoms with Crippen LogP contribution in [0.3, 0.4) is 0 Å². The molecule has 140 valence electrons. The van der Waals surface area contributed by atoms with Crippen LogP contribution in [0.25, 0.3) is 0 Å². The lowest BCUT2D eigenvalue weighted by Gasteiger charge is -2.24. The predicted molar refractivity (Wildman–Crippen MR) is 106 cm³/mol. The molecule has 0 heterocycles. The molecule has 0 spiro atoms. The third-order valence-corrected chi connectivity index (χ3v) is 5.34. The van der Waals surface area contributed by atoms with E-state index in [1.54, 1.807) is 18.2 Å². The van der Waals surface area contributed by atoms with Gasteiger partial charge in [0.05, 0.1) is 24.9 Å². The Morgan fingerprint density at radius 2 is 1.88 bits per heavy atom. The van der Waals surface area contributed by atoms with E-state index in [2.05, 4.69) is 5.32 Å². The van der Waals surface area contributed by atoms with Gasteiger partial charge in [-0.05, 0) is 37.1 Å². The molecule has 0 aliphatic carbocycles. The number of hydrogen-bond acceptors (Lipinski definition) is 3. The van der Waals surface area contributed by atoms with Crippen molar-refractivity contribution < 1.29 is 13.2 Å². The maximum absolute atomic E-state index is 12.2. The first kappa shape index (κ1) is 20.3. The highest BCUT2D eigenvalue weighted by atomic mass is 35.5. The fourth-order valence-corrected chi connectivity index (χ4v) is 3.83. The lowest BCUT2D eigenvalue weighted by molar-refractivity contribution is -0.120. The average molecular weight is 395 g/mol. The SMILES string of the molecule is Cc1cccc(CC(=O)NCCN(c2cc(Cl)ccc2C)S(C)(=O)=O)c1. The number of rotatable bonds is 7. The molecule has 1 amide bonds. The number of benzene rings is 2. The van der Waals surface area contributed by atoms with Crippen LogP contribution >= 0.6 is 11.6 Å². The standard InChI is InChI=1S/C19H23ClN2O3S/c1-14-5-4-6-16(11-14)12-19(23)21-9-10-22(26(3,24)25)18-13-17(20)8-7-15(18)2/h4-8,11,13H,9-10,12H2,1-3H3,(H,21,23). The Labute approximate surface area is 160 Å². The third-order valence-electron chi connectivity index (χ3n) is 3.92. The Bertz CT molecular complexity index is 897. The summed E-state index contributed by atoms with van der Waals surface area (Å²) in [4.78, 5) is 12.1. The highest BCUT2D eigenvalue weighted by molar-refractivity contribution is 7.92. The van der Waals surface area contributed by atoms with Crippen molar-refractivity contribution in [1.82, 2.24) is 5.32 Å². The molecule has 0 radical (unpaired) electrons. The molecule has 0 atom stereocenters. The summed E-state index contributed by atoms with van der Waals surface area (Å²) < 4.78 is 25.6. The van der Waals surface area contributed by atoms with Crippen molar-refractivity contribution in [3.05, 3.63) is 64.2 Å². The Morgan fingerprint density at radius 1 is 1.15 bits per heavy atom. The van der Waals surface area contributed by atoms with Gasteiger partial charge in [-0.2, -0.15) is 0 Å². The maximum atomic E-state index is 12.2. The molecule has 0 saturated carbocycles. The molecule has 0 aliphatic heterocycles. The largest absolute Gasteiger partial charge is 0.354 e. The molecule has 2 aromatic rings. The summed E-state index contributed by atoms with van der Waals surface area (Å²) in [6.45, 7) is 4.14. The number of amides is 1. The topological polar surface area (TPSA) is 66.5 Å². The monoisotopic (exact) mass is 394 g/mol. The molecule has 1 N–H and O–H groups in total. The predicted octanol–water partition coefficient (Wildman–Crippen LogP) is 3.08. The molecular formula is C19H23ClN2O3S. The van der Waals surface area contributed by atoms with Crippen LogP contribution in [-0.4, -0.2) is 33.7 Å². The minimum atomic E-state index is -3.50. The molecule has 0 bridgehead atoms. The van der Waals surface area contributed by atoms with E-state index in [4.69, 9.17) is 11.6 Å². The second-order valence-electron chi connectivity index (χ2n) is 6.28. The molecule has 0 aromatic heterocycles. The molecule has 2 rings (SSSR count). The molecule has 0 unspecified atom stereocenters. The zero-order valence-electron chi connectivity index (χ0n) is 15.1. The molecule has 0 fully saturated rings. The zero-order valence-corrected chi connectivity index (χ0v) is 16.7. The number of aryl methyl sites for hydroxylation is 2. The second-order valence-corrected chi connectivity index (χ2v) is 8.62. The van der Waals surface area contributed by atoms with E-state index in [1.165, 1.54) is 4.31 Å². The van der Waals surface area contributed by atoms with Crippen LogP contribution < -0.4 is 9.62 Å². The van der Waals surface area contributed by atoms with Crippen molar-refractivity contribution in [2.24, 2.45) is 0 Å². The van der Waals surface area contributed by atoms with E-state index in [1.807, 2.05) is 38.1 Å². The Hall–Kier alpha value is -2.05. The van der Waals surface area contributed by atoms with E-state index >= 15 is 0 Å². The van der Waals surface area contributed by atoms with Crippen molar-refractivity contribution >= 4 is 33.2 Å². The van der Waals surface area contributed by atoms with Gasteiger partial charge in [0.1, 0.15) is 0 Å². The highest BCUT2D eigenvalue weighted by Crippen LogP contribution is 2.25. The van der Waals surface area contributed by atoms with Gasteiger partial charge >= 0.3 is 0 Å². The van der Waals surface area contributed by atoms with Crippen LogP contribution in [0.4, 0.5) is 5.69 Å². The van der Waals surface area contributed by atoms with Crippen LogP contribution in [0, 0.1) is 13.8 Å². The van der Waals surface area contributed by atoms with Crippen LogP contribution in [0.5, 0.6) is 0 Å². The minimum absolute atomic E-state index is 0.138. The third kappa shape index (κ3) is 5.75. The van der Waals surface area contributed by atoms with Crippen LogP contribution in [0.2, 0.25) is 5.02 Å². The number of anilines is 1. The van der Waals surface area contributed by atoms with Crippen LogP contribution in [0.1, 0.15) is 16.7 Å². The fourth-order valence-electron chi connectivity index (χ4n) is 2.68. The first-order valence-electron chi connectivity index (χ1n) is 8.23. The van der Waals surface area contributed by atoms with Crippen molar-refractivity contribution in [3.63, 3.8) is 0 Å². The minimum Gasteiger partial charge on any atom is -0.354 e. The number of hydrogen-bond donors (Lipinski definition) is 1. The number of carbonyl (C=O) groups excluding carboxylic acids is 1. The normalized spacial score (nSPS) is 11.2. The smallest absolute Gasteiger partial charge is 0.232 e. The van der Waals surface area contributed by atoms with Crippen LogP contribution in [-0.2, 0) is 21.2 Å². The van der Waals surface area contributed by atoms with Gasteiger partial charge in [-0.1, -0.05) is 47.5 Å². The maximum Gasteiger partial charge on any atom is 0.232 e. The average Bonchev–Trinajstić information content (AvgIpc) is 2.53. The second kappa shape index (κ2) is 8.56. The number of nitrogens with zero attached hydrogens (tertiary/aromatic N) is 1. The van der Waals surface area contributed by atoms with Crippen molar-refractivity contribution in [3.8, 4) is 0 Å².